The van der Waals surface area contributed by atoms with Crippen LogP contribution in [0.2, 0.25) is 0 Å². The summed E-state index contributed by atoms with van der Waals surface area (Å²) in [4.78, 5) is 11.7. The van der Waals surface area contributed by atoms with Crippen molar-refractivity contribution in [3.05, 3.63) is 60.2 Å². The van der Waals surface area contributed by atoms with E-state index in [0.717, 1.165) is 6.42 Å². The van der Waals surface area contributed by atoms with E-state index >= 15 is 0 Å². The number of benzene rings is 2. The lowest BCUT2D eigenvalue weighted by Gasteiger charge is -2.08. The average Bonchev–Trinajstić information content (AvgIpc) is 2.54. The van der Waals surface area contributed by atoms with Gasteiger partial charge in [-0.3, -0.25) is 4.79 Å². The van der Waals surface area contributed by atoms with Crippen molar-refractivity contribution in [2.75, 3.05) is 18.9 Å². The number of nitrogen functional groups attached to an aromatic ring is 1. The van der Waals surface area contributed by atoms with Gasteiger partial charge < -0.3 is 15.8 Å². The van der Waals surface area contributed by atoms with Gasteiger partial charge in [-0.25, -0.2) is 0 Å². The number of amides is 1. The van der Waals surface area contributed by atoms with Gasteiger partial charge in [0.2, 0.25) is 5.91 Å². The number of ether oxygens (including phenoxy) is 1. The summed E-state index contributed by atoms with van der Waals surface area (Å²) in [6.07, 6.45) is 1.98. The van der Waals surface area contributed by atoms with Gasteiger partial charge in [0.15, 0.2) is 0 Å². The molecule has 0 heterocycles. The number of hydrogen-bond acceptors (Lipinski definition) is 3. The first-order valence-electron chi connectivity index (χ1n) is 7.53. The number of carbonyl (C=O) groups is 1. The van der Waals surface area contributed by atoms with Crippen molar-refractivity contribution in [2.24, 2.45) is 0 Å². The lowest BCUT2D eigenvalue weighted by molar-refractivity contribution is -0.121. The average molecular weight is 298 g/mol. The smallest absolute Gasteiger partial charge is 0.220 e. The van der Waals surface area contributed by atoms with E-state index < -0.39 is 0 Å². The minimum absolute atomic E-state index is 0.0561. The zero-order chi connectivity index (χ0) is 15.6. The molecule has 0 fully saturated rings. The van der Waals surface area contributed by atoms with Gasteiger partial charge in [-0.2, -0.15) is 0 Å². The highest BCUT2D eigenvalue weighted by Gasteiger charge is 2.02. The highest BCUT2D eigenvalue weighted by Crippen LogP contribution is 2.19. The molecule has 0 aliphatic carbocycles. The first-order chi connectivity index (χ1) is 10.8. The fourth-order valence-electron chi connectivity index (χ4n) is 2.11. The van der Waals surface area contributed by atoms with Gasteiger partial charge in [-0.1, -0.05) is 42.5 Å². The lowest BCUT2D eigenvalue weighted by Crippen LogP contribution is -2.25. The quantitative estimate of drug-likeness (QED) is 0.582. The molecule has 1 amide bonds. The largest absolute Gasteiger partial charge is 0.491 e. The zero-order valence-electron chi connectivity index (χ0n) is 12.6. The van der Waals surface area contributed by atoms with Crippen LogP contribution in [-0.4, -0.2) is 19.1 Å². The Labute approximate surface area is 131 Å². The first-order valence-corrected chi connectivity index (χ1v) is 7.53. The second kappa shape index (κ2) is 8.72. The molecule has 22 heavy (non-hydrogen) atoms. The van der Waals surface area contributed by atoms with Crippen LogP contribution in [0.4, 0.5) is 5.69 Å². The molecule has 0 unspecified atom stereocenters. The molecule has 2 aromatic rings. The minimum atomic E-state index is 0.0561. The van der Waals surface area contributed by atoms with Crippen LogP contribution >= 0.6 is 0 Å². The third-order valence-electron chi connectivity index (χ3n) is 3.30. The van der Waals surface area contributed by atoms with Crippen molar-refractivity contribution < 1.29 is 9.53 Å². The highest BCUT2D eigenvalue weighted by atomic mass is 16.5. The van der Waals surface area contributed by atoms with Crippen molar-refractivity contribution in [1.82, 2.24) is 5.32 Å². The first kappa shape index (κ1) is 15.9. The van der Waals surface area contributed by atoms with E-state index in [0.29, 0.717) is 37.4 Å². The maximum absolute atomic E-state index is 11.7. The summed E-state index contributed by atoms with van der Waals surface area (Å²) in [5.74, 6) is 0.729. The number of anilines is 1. The summed E-state index contributed by atoms with van der Waals surface area (Å²) in [6.45, 7) is 1.15. The number of rotatable bonds is 8. The van der Waals surface area contributed by atoms with E-state index in [1.54, 1.807) is 6.07 Å². The summed E-state index contributed by atoms with van der Waals surface area (Å²) >= 11 is 0. The molecule has 4 nitrogen and oxygen atoms in total. The predicted molar refractivity (Wildman–Crippen MR) is 88.7 cm³/mol. The van der Waals surface area contributed by atoms with Gasteiger partial charge >= 0.3 is 0 Å². The third kappa shape index (κ3) is 5.48. The van der Waals surface area contributed by atoms with Crippen LogP contribution < -0.4 is 15.8 Å². The Hall–Kier alpha value is -2.49. The van der Waals surface area contributed by atoms with E-state index in [2.05, 4.69) is 17.4 Å². The normalized spacial score (nSPS) is 10.2. The van der Waals surface area contributed by atoms with Crippen LogP contribution in [0.3, 0.4) is 0 Å². The van der Waals surface area contributed by atoms with E-state index in [-0.39, 0.29) is 5.91 Å². The Bertz CT molecular complexity index is 585. The second-order valence-electron chi connectivity index (χ2n) is 5.08. The molecule has 0 aliphatic heterocycles. The van der Waals surface area contributed by atoms with Crippen LogP contribution in [0.1, 0.15) is 18.4 Å². The molecule has 3 N–H and O–H groups in total. The van der Waals surface area contributed by atoms with Crippen molar-refractivity contribution >= 4 is 11.6 Å². The SMILES string of the molecule is Nc1ccccc1OCCCC(=O)NCCc1ccccc1. The fourth-order valence-corrected chi connectivity index (χ4v) is 2.11. The van der Waals surface area contributed by atoms with Gasteiger partial charge in [-0.05, 0) is 30.5 Å². The van der Waals surface area contributed by atoms with Crippen molar-refractivity contribution in [3.8, 4) is 5.75 Å². The fraction of sp³-hybridized carbons (Fsp3) is 0.278. The Morgan fingerprint density at radius 1 is 1.05 bits per heavy atom. The molecule has 0 saturated heterocycles. The van der Waals surface area contributed by atoms with Crippen LogP contribution in [-0.2, 0) is 11.2 Å². The summed E-state index contributed by atoms with van der Waals surface area (Å²) in [6, 6.07) is 17.5. The van der Waals surface area contributed by atoms with Gasteiger partial charge in [-0.15, -0.1) is 0 Å². The van der Waals surface area contributed by atoms with Crippen LogP contribution in [0.15, 0.2) is 54.6 Å². The van der Waals surface area contributed by atoms with Crippen LogP contribution in [0.5, 0.6) is 5.75 Å². The number of nitrogens with one attached hydrogen (secondary N) is 1. The second-order valence-corrected chi connectivity index (χ2v) is 5.08. The van der Waals surface area contributed by atoms with Gasteiger partial charge in [0, 0.05) is 13.0 Å². The molecule has 0 aromatic heterocycles. The maximum Gasteiger partial charge on any atom is 0.220 e. The molecule has 0 saturated carbocycles. The lowest BCUT2D eigenvalue weighted by atomic mass is 10.1. The Balaban J connectivity index is 1.57. The van der Waals surface area contributed by atoms with Crippen molar-refractivity contribution in [3.63, 3.8) is 0 Å². The third-order valence-corrected chi connectivity index (χ3v) is 3.30. The van der Waals surface area contributed by atoms with E-state index in [4.69, 9.17) is 10.5 Å². The monoisotopic (exact) mass is 298 g/mol. The number of carbonyl (C=O) groups excluding carboxylic acids is 1. The molecule has 4 heteroatoms. The molecule has 0 radical (unpaired) electrons. The predicted octanol–water partition coefficient (Wildman–Crippen LogP) is 2.79. The van der Waals surface area contributed by atoms with Gasteiger partial charge in [0.25, 0.3) is 0 Å². The summed E-state index contributed by atoms with van der Waals surface area (Å²) in [5, 5.41) is 2.92. The van der Waals surface area contributed by atoms with Crippen molar-refractivity contribution in [2.45, 2.75) is 19.3 Å². The van der Waals surface area contributed by atoms with Crippen LogP contribution in [0, 0.1) is 0 Å². The molecule has 0 atom stereocenters. The topological polar surface area (TPSA) is 64.3 Å². The molecule has 2 aromatic carbocycles. The molecule has 0 aliphatic rings. The summed E-state index contributed by atoms with van der Waals surface area (Å²) in [7, 11) is 0. The van der Waals surface area contributed by atoms with E-state index in [9.17, 15) is 4.79 Å². The van der Waals surface area contributed by atoms with Gasteiger partial charge in [0.05, 0.1) is 12.3 Å². The summed E-state index contributed by atoms with van der Waals surface area (Å²) < 4.78 is 5.56. The maximum atomic E-state index is 11.7. The Morgan fingerprint density at radius 3 is 2.55 bits per heavy atom. The molecule has 2 rings (SSSR count). The number of para-hydroxylation sites is 2. The highest BCUT2D eigenvalue weighted by molar-refractivity contribution is 5.75. The molecule has 116 valence electrons. The number of nitrogens with two attached hydrogens (primary N) is 1. The zero-order valence-corrected chi connectivity index (χ0v) is 12.6. The number of hydrogen-bond donors (Lipinski definition) is 2. The van der Waals surface area contributed by atoms with Gasteiger partial charge in [0.1, 0.15) is 5.75 Å². The Kier molecular flexibility index (Phi) is 6.30. The minimum Gasteiger partial charge on any atom is -0.491 e. The standard InChI is InChI=1S/C18H22N2O2/c19-16-9-4-5-10-17(16)22-14-6-11-18(21)20-13-12-15-7-2-1-3-8-15/h1-5,7-10H,6,11-14,19H2,(H,20,21). The molecular weight excluding hydrogens is 276 g/mol. The van der Waals surface area contributed by atoms with Crippen LogP contribution in [0.25, 0.3) is 0 Å². The van der Waals surface area contributed by atoms with E-state index in [1.165, 1.54) is 5.56 Å². The molecule has 0 spiro atoms. The van der Waals surface area contributed by atoms with E-state index in [1.807, 2.05) is 36.4 Å². The Morgan fingerprint density at radius 2 is 1.77 bits per heavy atom. The summed E-state index contributed by atoms with van der Waals surface area (Å²) in [5.41, 5.74) is 7.63. The molecule has 0 bridgehead atoms. The van der Waals surface area contributed by atoms with Crippen molar-refractivity contribution in [1.29, 1.82) is 0 Å². The molecular formula is C18H22N2O2.